The van der Waals surface area contributed by atoms with Crippen LogP contribution >= 0.6 is 0 Å². The summed E-state index contributed by atoms with van der Waals surface area (Å²) in [6, 6.07) is 8.26. The largest absolute Gasteiger partial charge is 0.416 e. The number of amides is 1. The van der Waals surface area contributed by atoms with Gasteiger partial charge in [0.25, 0.3) is 5.91 Å². The van der Waals surface area contributed by atoms with Crippen molar-refractivity contribution in [1.82, 2.24) is 25.4 Å². The summed E-state index contributed by atoms with van der Waals surface area (Å²) in [5, 5.41) is 10.8. The van der Waals surface area contributed by atoms with Crippen molar-refractivity contribution in [2.24, 2.45) is 0 Å². The summed E-state index contributed by atoms with van der Waals surface area (Å²) < 4.78 is 41.9. The van der Waals surface area contributed by atoms with Crippen molar-refractivity contribution in [2.75, 3.05) is 6.54 Å². The third-order valence-corrected chi connectivity index (χ3v) is 6.30. The van der Waals surface area contributed by atoms with E-state index in [0.717, 1.165) is 61.3 Å². The van der Waals surface area contributed by atoms with Crippen LogP contribution in [0.2, 0.25) is 0 Å². The second-order valence-corrected chi connectivity index (χ2v) is 8.55. The molecule has 3 aromatic rings. The first-order chi connectivity index (χ1) is 16.3. The van der Waals surface area contributed by atoms with Gasteiger partial charge in [-0.1, -0.05) is 24.6 Å². The maximum absolute atomic E-state index is 13.4. The van der Waals surface area contributed by atoms with Crippen LogP contribution < -0.4 is 10.6 Å². The van der Waals surface area contributed by atoms with Gasteiger partial charge in [0.15, 0.2) is 0 Å². The van der Waals surface area contributed by atoms with E-state index in [1.54, 1.807) is 6.20 Å². The highest BCUT2D eigenvalue weighted by Crippen LogP contribution is 2.33. The highest BCUT2D eigenvalue weighted by Gasteiger charge is 2.35. The number of carbonyl (C=O) groups is 1. The van der Waals surface area contributed by atoms with Gasteiger partial charge in [0, 0.05) is 30.5 Å². The van der Waals surface area contributed by atoms with Gasteiger partial charge in [-0.05, 0) is 62.1 Å². The number of piperidine rings is 1. The lowest BCUT2D eigenvalue weighted by Gasteiger charge is -2.32. The zero-order valence-corrected chi connectivity index (χ0v) is 19.2. The van der Waals surface area contributed by atoms with E-state index in [1.807, 2.05) is 42.1 Å². The molecule has 0 aliphatic carbocycles. The lowest BCUT2D eigenvalue weighted by atomic mass is 9.91. The minimum absolute atomic E-state index is 0.0441. The van der Waals surface area contributed by atoms with Crippen molar-refractivity contribution in [3.8, 4) is 11.1 Å². The molecule has 0 spiro atoms. The Morgan fingerprint density at radius 1 is 1.26 bits per heavy atom. The summed E-state index contributed by atoms with van der Waals surface area (Å²) in [6.45, 7) is 4.87. The summed E-state index contributed by atoms with van der Waals surface area (Å²) in [4.78, 5) is 17.2. The number of halogens is 3. The molecule has 2 N–H and O–H groups in total. The molecule has 1 amide bonds. The van der Waals surface area contributed by atoms with E-state index in [2.05, 4.69) is 20.7 Å². The Kier molecular flexibility index (Phi) is 7.02. The monoisotopic (exact) mass is 471 g/mol. The van der Waals surface area contributed by atoms with Crippen molar-refractivity contribution in [3.05, 3.63) is 71.3 Å². The number of nitrogens with zero attached hydrogens (tertiary/aromatic N) is 3. The molecule has 6 nitrogen and oxygen atoms in total. The van der Waals surface area contributed by atoms with Crippen LogP contribution in [-0.4, -0.2) is 33.3 Å². The average molecular weight is 472 g/mol. The summed E-state index contributed by atoms with van der Waals surface area (Å²) in [5.41, 5.74) is 1.55. The molecule has 0 saturated carbocycles. The summed E-state index contributed by atoms with van der Waals surface area (Å²) in [5.74, 6) is -0.620. The highest BCUT2D eigenvalue weighted by atomic mass is 19.4. The molecule has 9 heteroatoms. The molecule has 1 aliphatic heterocycles. The minimum atomic E-state index is -4.55. The fourth-order valence-corrected chi connectivity index (χ4v) is 4.46. The number of rotatable bonds is 6. The van der Waals surface area contributed by atoms with Crippen molar-refractivity contribution >= 4 is 5.91 Å². The van der Waals surface area contributed by atoms with Gasteiger partial charge >= 0.3 is 6.18 Å². The summed E-state index contributed by atoms with van der Waals surface area (Å²) >= 11 is 0. The number of benzene rings is 1. The van der Waals surface area contributed by atoms with E-state index >= 15 is 0 Å². The van der Waals surface area contributed by atoms with Gasteiger partial charge in [0.1, 0.15) is 5.69 Å². The molecule has 2 aromatic heterocycles. The standard InChI is InChI=1S/C25H28F3N5O/c1-3-33-15-19(14-31-33)17-7-6-8-18(13-17)23(21-9-4-5-11-29-21)32-24(34)22-16(2)20(10-12-30-22)25(26,27)28/h6-8,10,12-15,21,23,29H,3-5,9,11H2,1-2H3,(H,32,34)/t21-,23-/m0/s1. The number of nitrogens with one attached hydrogen (secondary N) is 2. The fraction of sp³-hybridized carbons (Fsp3) is 0.400. The van der Waals surface area contributed by atoms with Crippen molar-refractivity contribution in [2.45, 2.75) is 57.9 Å². The lowest BCUT2D eigenvalue weighted by Crippen LogP contribution is -2.46. The van der Waals surface area contributed by atoms with Crippen molar-refractivity contribution in [3.63, 3.8) is 0 Å². The molecule has 0 radical (unpaired) electrons. The Bertz CT molecular complexity index is 1150. The van der Waals surface area contributed by atoms with E-state index < -0.39 is 23.7 Å². The van der Waals surface area contributed by atoms with Crippen LogP contribution in [0.25, 0.3) is 11.1 Å². The topological polar surface area (TPSA) is 71.8 Å². The van der Waals surface area contributed by atoms with Gasteiger partial charge in [0.2, 0.25) is 0 Å². The van der Waals surface area contributed by atoms with Crippen molar-refractivity contribution < 1.29 is 18.0 Å². The Balaban J connectivity index is 1.67. The average Bonchev–Trinajstić information content (AvgIpc) is 3.32. The fourth-order valence-electron chi connectivity index (χ4n) is 4.46. The normalized spacial score (nSPS) is 17.4. The van der Waals surface area contributed by atoms with Crippen LogP contribution in [0, 0.1) is 6.92 Å². The zero-order valence-electron chi connectivity index (χ0n) is 19.2. The number of aromatic nitrogens is 3. The third-order valence-electron chi connectivity index (χ3n) is 6.30. The Labute approximate surface area is 196 Å². The molecule has 1 saturated heterocycles. The maximum atomic E-state index is 13.4. The van der Waals surface area contributed by atoms with Crippen LogP contribution in [0.1, 0.15) is 59.4 Å². The number of hydrogen-bond acceptors (Lipinski definition) is 4. The van der Waals surface area contributed by atoms with Gasteiger partial charge in [-0.25, -0.2) is 0 Å². The van der Waals surface area contributed by atoms with Gasteiger partial charge in [-0.2, -0.15) is 18.3 Å². The van der Waals surface area contributed by atoms with Crippen LogP contribution in [0.15, 0.2) is 48.9 Å². The maximum Gasteiger partial charge on any atom is 0.416 e. The number of pyridine rings is 1. The highest BCUT2D eigenvalue weighted by molar-refractivity contribution is 5.94. The first-order valence-corrected chi connectivity index (χ1v) is 11.5. The predicted molar refractivity (Wildman–Crippen MR) is 123 cm³/mol. The second-order valence-electron chi connectivity index (χ2n) is 8.55. The molecule has 180 valence electrons. The van der Waals surface area contributed by atoms with Gasteiger partial charge < -0.3 is 10.6 Å². The third kappa shape index (κ3) is 5.14. The SMILES string of the molecule is CCn1cc(-c2cccc([C@H](NC(=O)c3nccc(C(F)(F)F)c3C)[C@@H]3CCCCN3)c2)cn1. The van der Waals surface area contributed by atoms with E-state index in [9.17, 15) is 18.0 Å². The number of hydrogen-bond donors (Lipinski definition) is 2. The number of alkyl halides is 3. The van der Waals surface area contributed by atoms with Crippen LogP contribution in [0.5, 0.6) is 0 Å². The molecule has 0 bridgehead atoms. The molecule has 4 rings (SSSR count). The summed E-state index contributed by atoms with van der Waals surface area (Å²) in [6.07, 6.45) is 3.13. The molecule has 2 atom stereocenters. The molecule has 1 fully saturated rings. The first-order valence-electron chi connectivity index (χ1n) is 11.5. The zero-order chi connectivity index (χ0) is 24.3. The van der Waals surface area contributed by atoms with E-state index in [4.69, 9.17) is 0 Å². The predicted octanol–water partition coefficient (Wildman–Crippen LogP) is 4.91. The lowest BCUT2D eigenvalue weighted by molar-refractivity contribution is -0.138. The Hall–Kier alpha value is -3.20. The molecular weight excluding hydrogens is 443 g/mol. The van der Waals surface area contributed by atoms with Gasteiger partial charge in [-0.3, -0.25) is 14.5 Å². The summed E-state index contributed by atoms with van der Waals surface area (Å²) in [7, 11) is 0. The Morgan fingerprint density at radius 3 is 2.76 bits per heavy atom. The molecule has 1 aromatic carbocycles. The molecule has 1 aliphatic rings. The molecular formula is C25H28F3N5O. The van der Waals surface area contributed by atoms with Crippen LogP contribution in [0.4, 0.5) is 13.2 Å². The molecule has 3 heterocycles. The first kappa shape index (κ1) is 23.9. The quantitative estimate of drug-likeness (QED) is 0.536. The van der Waals surface area contributed by atoms with E-state index in [-0.39, 0.29) is 17.3 Å². The smallest absolute Gasteiger partial charge is 0.342 e. The molecule has 34 heavy (non-hydrogen) atoms. The number of aryl methyl sites for hydroxylation is 1. The Morgan fingerprint density at radius 2 is 2.09 bits per heavy atom. The van der Waals surface area contributed by atoms with Gasteiger partial charge in [0.05, 0.1) is 17.8 Å². The van der Waals surface area contributed by atoms with Crippen LogP contribution in [0.3, 0.4) is 0 Å². The minimum Gasteiger partial charge on any atom is -0.342 e. The molecule has 0 unspecified atom stereocenters. The van der Waals surface area contributed by atoms with Crippen LogP contribution in [-0.2, 0) is 12.7 Å². The number of carbonyl (C=O) groups excluding carboxylic acids is 1. The van der Waals surface area contributed by atoms with Gasteiger partial charge in [-0.15, -0.1) is 0 Å². The van der Waals surface area contributed by atoms with E-state index in [1.165, 1.54) is 6.92 Å². The second kappa shape index (κ2) is 9.97. The van der Waals surface area contributed by atoms with E-state index in [0.29, 0.717) is 0 Å². The van der Waals surface area contributed by atoms with Crippen molar-refractivity contribution in [1.29, 1.82) is 0 Å².